The number of sulfonamides is 1. The number of alkyl halides is 3. The molecule has 0 radical (unpaired) electrons. The first kappa shape index (κ1) is 25.9. The normalized spacial score (nSPS) is 15.1. The van der Waals surface area contributed by atoms with Crippen LogP contribution >= 0.6 is 11.6 Å². The van der Waals surface area contributed by atoms with Crippen LogP contribution in [-0.4, -0.2) is 49.5 Å². The lowest BCUT2D eigenvalue weighted by Gasteiger charge is -2.24. The second kappa shape index (κ2) is 10.1. The van der Waals surface area contributed by atoms with Gasteiger partial charge in [0.05, 0.1) is 21.8 Å². The number of pyridine rings is 1. The summed E-state index contributed by atoms with van der Waals surface area (Å²) in [6.45, 7) is 3.15. The Balaban J connectivity index is 1.47. The van der Waals surface area contributed by atoms with Crippen molar-refractivity contribution < 1.29 is 26.0 Å². The van der Waals surface area contributed by atoms with E-state index in [1.807, 2.05) is 4.90 Å². The molecule has 0 bridgehead atoms. The standard InChI is InChI=1S/C22H21ClF4N6O2S/c1-14-11-15(24)3-4-18(14)36(34,35)31-16-12-17(23)20(29-13-16)32-7-2-8-33(10-9-32)21-28-6-5-19(30-21)22(25,26)27/h3-6,11-13,31H,2,7-10H2,1H3. The van der Waals surface area contributed by atoms with Crippen LogP contribution in [0.25, 0.3) is 0 Å². The van der Waals surface area contributed by atoms with E-state index in [4.69, 9.17) is 11.6 Å². The fraction of sp³-hybridized carbons (Fsp3) is 0.318. The van der Waals surface area contributed by atoms with Gasteiger partial charge in [0.1, 0.15) is 17.3 Å². The zero-order chi connectivity index (χ0) is 26.1. The van der Waals surface area contributed by atoms with Gasteiger partial charge in [0.25, 0.3) is 10.0 Å². The first-order valence-electron chi connectivity index (χ1n) is 10.8. The SMILES string of the molecule is Cc1cc(F)ccc1S(=O)(=O)Nc1cnc(N2CCCN(c3nccc(C(F)(F)F)n3)CC2)c(Cl)c1. The van der Waals surface area contributed by atoms with Gasteiger partial charge in [-0.05, 0) is 49.2 Å². The minimum atomic E-state index is -4.56. The quantitative estimate of drug-likeness (QED) is 0.473. The molecule has 8 nitrogen and oxygen atoms in total. The van der Waals surface area contributed by atoms with E-state index in [1.165, 1.54) is 25.3 Å². The predicted molar refractivity (Wildman–Crippen MR) is 127 cm³/mol. The number of nitrogens with one attached hydrogen (secondary N) is 1. The van der Waals surface area contributed by atoms with Crippen LogP contribution in [0.4, 0.5) is 35.0 Å². The molecule has 1 saturated heterocycles. The Morgan fingerprint density at radius 2 is 1.75 bits per heavy atom. The van der Waals surface area contributed by atoms with Gasteiger partial charge in [0.15, 0.2) is 0 Å². The minimum absolute atomic E-state index is 0.00780. The van der Waals surface area contributed by atoms with Crippen LogP contribution in [-0.2, 0) is 16.2 Å². The number of hydrogen-bond donors (Lipinski definition) is 1. The summed E-state index contributed by atoms with van der Waals surface area (Å²) < 4.78 is 80.2. The maximum Gasteiger partial charge on any atom is 0.433 e. The second-order valence-corrected chi connectivity index (χ2v) is 10.2. The molecule has 0 amide bonds. The Morgan fingerprint density at radius 1 is 1.03 bits per heavy atom. The number of nitrogens with zero attached hydrogens (tertiary/aromatic N) is 5. The van der Waals surface area contributed by atoms with Crippen molar-refractivity contribution >= 4 is 39.1 Å². The second-order valence-electron chi connectivity index (χ2n) is 8.11. The van der Waals surface area contributed by atoms with Gasteiger partial charge in [0, 0.05) is 32.4 Å². The molecule has 36 heavy (non-hydrogen) atoms. The summed E-state index contributed by atoms with van der Waals surface area (Å²) in [5, 5.41) is 0.190. The summed E-state index contributed by atoms with van der Waals surface area (Å²) >= 11 is 6.42. The number of anilines is 3. The Hall–Kier alpha value is -3.19. The van der Waals surface area contributed by atoms with Crippen LogP contribution in [0.1, 0.15) is 17.7 Å². The van der Waals surface area contributed by atoms with Crippen LogP contribution in [0.15, 0.2) is 47.6 Å². The largest absolute Gasteiger partial charge is 0.433 e. The molecule has 4 rings (SSSR count). The van der Waals surface area contributed by atoms with Gasteiger partial charge in [-0.25, -0.2) is 27.8 Å². The Kier molecular flexibility index (Phi) is 7.23. The third kappa shape index (κ3) is 5.78. The van der Waals surface area contributed by atoms with E-state index < -0.39 is 27.7 Å². The highest BCUT2D eigenvalue weighted by Gasteiger charge is 2.33. The summed E-state index contributed by atoms with van der Waals surface area (Å²) in [6.07, 6.45) is -1.59. The molecule has 2 aromatic heterocycles. The Labute approximate surface area is 210 Å². The van der Waals surface area contributed by atoms with Crippen molar-refractivity contribution in [1.29, 1.82) is 0 Å². The molecule has 0 unspecified atom stereocenters. The van der Waals surface area contributed by atoms with Gasteiger partial charge in [-0.2, -0.15) is 13.2 Å². The highest BCUT2D eigenvalue weighted by Crippen LogP contribution is 2.30. The third-order valence-corrected chi connectivity index (χ3v) is 7.33. The summed E-state index contributed by atoms with van der Waals surface area (Å²) in [7, 11) is -4.00. The molecule has 1 aliphatic rings. The summed E-state index contributed by atoms with van der Waals surface area (Å²) in [5.41, 5.74) is -0.634. The number of benzene rings is 1. The topological polar surface area (TPSA) is 91.3 Å². The lowest BCUT2D eigenvalue weighted by Crippen LogP contribution is -2.32. The van der Waals surface area contributed by atoms with Crippen molar-refractivity contribution in [3.63, 3.8) is 0 Å². The van der Waals surface area contributed by atoms with Crippen LogP contribution in [0.2, 0.25) is 5.02 Å². The minimum Gasteiger partial charge on any atom is -0.354 e. The molecule has 3 heterocycles. The maximum absolute atomic E-state index is 13.3. The number of hydrogen-bond acceptors (Lipinski definition) is 7. The first-order valence-corrected chi connectivity index (χ1v) is 12.6. The van der Waals surface area contributed by atoms with E-state index in [2.05, 4.69) is 19.7 Å². The van der Waals surface area contributed by atoms with Crippen molar-refractivity contribution in [2.24, 2.45) is 0 Å². The Morgan fingerprint density at radius 3 is 2.44 bits per heavy atom. The zero-order valence-corrected chi connectivity index (χ0v) is 20.5. The van der Waals surface area contributed by atoms with Crippen molar-refractivity contribution in [2.45, 2.75) is 24.4 Å². The number of rotatable bonds is 5. The van der Waals surface area contributed by atoms with Gasteiger partial charge in [-0.1, -0.05) is 11.6 Å². The molecule has 3 aromatic rings. The molecule has 1 aliphatic heterocycles. The van der Waals surface area contributed by atoms with E-state index in [0.29, 0.717) is 38.4 Å². The third-order valence-electron chi connectivity index (χ3n) is 5.51. The lowest BCUT2D eigenvalue weighted by atomic mass is 10.2. The van der Waals surface area contributed by atoms with E-state index >= 15 is 0 Å². The molecular weight excluding hydrogens is 524 g/mol. The maximum atomic E-state index is 13.3. The van der Waals surface area contributed by atoms with Crippen LogP contribution in [0.3, 0.4) is 0 Å². The molecule has 1 N–H and O–H groups in total. The number of halogens is 5. The molecule has 0 atom stereocenters. The van der Waals surface area contributed by atoms with Crippen molar-refractivity contribution in [3.8, 4) is 0 Å². The van der Waals surface area contributed by atoms with Crippen molar-refractivity contribution in [1.82, 2.24) is 15.0 Å². The van der Waals surface area contributed by atoms with E-state index in [-0.39, 0.29) is 27.1 Å². The monoisotopic (exact) mass is 544 g/mol. The summed E-state index contributed by atoms with van der Waals surface area (Å²) in [5.74, 6) is -0.146. The lowest BCUT2D eigenvalue weighted by molar-refractivity contribution is -0.141. The molecule has 0 saturated carbocycles. The fourth-order valence-corrected chi connectivity index (χ4v) is 5.38. The van der Waals surface area contributed by atoms with Crippen LogP contribution in [0, 0.1) is 12.7 Å². The van der Waals surface area contributed by atoms with Crippen molar-refractivity contribution in [3.05, 3.63) is 64.8 Å². The average Bonchev–Trinajstić information content (AvgIpc) is 3.04. The molecule has 192 valence electrons. The van der Waals surface area contributed by atoms with E-state index in [1.54, 1.807) is 4.90 Å². The summed E-state index contributed by atoms with van der Waals surface area (Å²) in [4.78, 5) is 15.4. The summed E-state index contributed by atoms with van der Waals surface area (Å²) in [6, 6.07) is 5.59. The van der Waals surface area contributed by atoms with Gasteiger partial charge in [0.2, 0.25) is 5.95 Å². The number of aromatic nitrogens is 3. The first-order chi connectivity index (χ1) is 16.9. The number of aryl methyl sites for hydroxylation is 1. The van der Waals surface area contributed by atoms with Gasteiger partial charge in [-0.3, -0.25) is 4.72 Å². The molecular formula is C22H21ClF4N6O2S. The average molecular weight is 545 g/mol. The zero-order valence-electron chi connectivity index (χ0n) is 18.9. The van der Waals surface area contributed by atoms with Crippen LogP contribution < -0.4 is 14.5 Å². The predicted octanol–water partition coefficient (Wildman–Crippen LogP) is 4.51. The van der Waals surface area contributed by atoms with Gasteiger partial charge >= 0.3 is 6.18 Å². The fourth-order valence-electron chi connectivity index (χ4n) is 3.83. The van der Waals surface area contributed by atoms with Gasteiger partial charge < -0.3 is 9.80 Å². The highest BCUT2D eigenvalue weighted by atomic mass is 35.5. The smallest absolute Gasteiger partial charge is 0.354 e. The van der Waals surface area contributed by atoms with Gasteiger partial charge in [-0.15, -0.1) is 0 Å². The van der Waals surface area contributed by atoms with E-state index in [0.717, 1.165) is 24.4 Å². The molecule has 0 spiro atoms. The van der Waals surface area contributed by atoms with Crippen LogP contribution in [0.5, 0.6) is 0 Å². The highest BCUT2D eigenvalue weighted by molar-refractivity contribution is 7.92. The molecule has 14 heteroatoms. The Bertz CT molecular complexity index is 1370. The molecule has 0 aliphatic carbocycles. The van der Waals surface area contributed by atoms with E-state index in [9.17, 15) is 26.0 Å². The molecule has 1 aromatic carbocycles. The molecule has 1 fully saturated rings. The van der Waals surface area contributed by atoms with Crippen molar-refractivity contribution in [2.75, 3.05) is 40.7 Å².